The lowest BCUT2D eigenvalue weighted by Gasteiger charge is -2.13. The van der Waals surface area contributed by atoms with Crippen molar-refractivity contribution in [1.82, 2.24) is 4.31 Å². The number of rotatable bonds is 8. The third kappa shape index (κ3) is 5.71. The van der Waals surface area contributed by atoms with Gasteiger partial charge < -0.3 is 15.4 Å². The number of carbonyl (C=O) groups is 2. The van der Waals surface area contributed by atoms with Crippen LogP contribution < -0.4 is 10.6 Å². The summed E-state index contributed by atoms with van der Waals surface area (Å²) in [6.07, 6.45) is 0. The SMILES string of the molecule is CN(C)S(=O)(=O)c1cccc(NC(=O)COC(=O)c2ccccc2Nc2ccccc2)c1. The highest BCUT2D eigenvalue weighted by atomic mass is 32.2. The molecule has 166 valence electrons. The maximum atomic E-state index is 12.5. The molecule has 0 aromatic heterocycles. The Morgan fingerprint density at radius 3 is 2.25 bits per heavy atom. The van der Waals surface area contributed by atoms with E-state index in [-0.39, 0.29) is 16.1 Å². The van der Waals surface area contributed by atoms with Gasteiger partial charge in [0.05, 0.1) is 16.1 Å². The van der Waals surface area contributed by atoms with Crippen molar-refractivity contribution in [2.24, 2.45) is 0 Å². The van der Waals surface area contributed by atoms with Crippen LogP contribution in [-0.2, 0) is 19.6 Å². The molecule has 3 aromatic carbocycles. The Labute approximate surface area is 186 Å². The Bertz CT molecular complexity index is 1210. The molecule has 3 aromatic rings. The zero-order chi connectivity index (χ0) is 23.1. The number of sulfonamides is 1. The van der Waals surface area contributed by atoms with Crippen LogP contribution in [0.5, 0.6) is 0 Å². The molecule has 0 bridgehead atoms. The number of ether oxygens (including phenoxy) is 1. The van der Waals surface area contributed by atoms with Crippen molar-refractivity contribution >= 4 is 39.0 Å². The van der Waals surface area contributed by atoms with E-state index in [2.05, 4.69) is 10.6 Å². The molecule has 9 heteroatoms. The summed E-state index contributed by atoms with van der Waals surface area (Å²) in [5.41, 5.74) is 1.91. The number of benzene rings is 3. The first-order valence-corrected chi connectivity index (χ1v) is 11.1. The molecule has 3 rings (SSSR count). The van der Waals surface area contributed by atoms with Crippen LogP contribution >= 0.6 is 0 Å². The summed E-state index contributed by atoms with van der Waals surface area (Å²) in [7, 11) is -0.796. The van der Waals surface area contributed by atoms with Gasteiger partial charge in [0.15, 0.2) is 6.61 Å². The van der Waals surface area contributed by atoms with E-state index in [1.807, 2.05) is 30.3 Å². The zero-order valence-electron chi connectivity index (χ0n) is 17.6. The summed E-state index contributed by atoms with van der Waals surface area (Å²) in [6, 6.07) is 22.0. The summed E-state index contributed by atoms with van der Waals surface area (Å²) in [4.78, 5) is 24.8. The monoisotopic (exact) mass is 453 g/mol. The van der Waals surface area contributed by atoms with Gasteiger partial charge in [-0.05, 0) is 42.5 Å². The van der Waals surface area contributed by atoms with Crippen LogP contribution in [0, 0.1) is 0 Å². The van der Waals surface area contributed by atoms with E-state index in [1.165, 1.54) is 32.3 Å². The Hall–Kier alpha value is -3.69. The molecule has 2 N–H and O–H groups in total. The van der Waals surface area contributed by atoms with Gasteiger partial charge in [-0.3, -0.25) is 4.79 Å². The molecule has 8 nitrogen and oxygen atoms in total. The standard InChI is InChI=1S/C23H23N3O5S/c1-26(2)32(29,30)19-12-8-11-18(15-19)25-22(27)16-31-23(28)20-13-6-7-14-21(20)24-17-9-4-3-5-10-17/h3-15,24H,16H2,1-2H3,(H,25,27). The first-order valence-electron chi connectivity index (χ1n) is 9.68. The fourth-order valence-electron chi connectivity index (χ4n) is 2.80. The van der Waals surface area contributed by atoms with Gasteiger partial charge in [0.25, 0.3) is 5.91 Å². The molecule has 0 aliphatic rings. The minimum Gasteiger partial charge on any atom is -0.452 e. The van der Waals surface area contributed by atoms with Crippen molar-refractivity contribution < 1.29 is 22.7 Å². The van der Waals surface area contributed by atoms with Crippen LogP contribution in [0.15, 0.2) is 83.8 Å². The van der Waals surface area contributed by atoms with Crippen LogP contribution in [-0.4, -0.2) is 45.3 Å². The maximum Gasteiger partial charge on any atom is 0.340 e. The molecular weight excluding hydrogens is 430 g/mol. The Kier molecular flexibility index (Phi) is 7.24. The van der Waals surface area contributed by atoms with Crippen molar-refractivity contribution in [3.05, 3.63) is 84.4 Å². The van der Waals surface area contributed by atoms with E-state index in [4.69, 9.17) is 4.74 Å². The third-order valence-electron chi connectivity index (χ3n) is 4.43. The Morgan fingerprint density at radius 2 is 1.53 bits per heavy atom. The molecule has 0 spiro atoms. The first kappa shape index (κ1) is 23.0. The topological polar surface area (TPSA) is 105 Å². The molecule has 32 heavy (non-hydrogen) atoms. The van der Waals surface area contributed by atoms with Crippen LogP contribution in [0.2, 0.25) is 0 Å². The average Bonchev–Trinajstić information content (AvgIpc) is 2.78. The van der Waals surface area contributed by atoms with E-state index in [9.17, 15) is 18.0 Å². The second-order valence-electron chi connectivity index (χ2n) is 6.98. The fourth-order valence-corrected chi connectivity index (χ4v) is 3.75. The summed E-state index contributed by atoms with van der Waals surface area (Å²) in [5.74, 6) is -1.26. The lowest BCUT2D eigenvalue weighted by molar-refractivity contribution is -0.119. The minimum absolute atomic E-state index is 0.0400. The van der Waals surface area contributed by atoms with Crippen LogP contribution in [0.25, 0.3) is 0 Å². The summed E-state index contributed by atoms with van der Waals surface area (Å²) in [5, 5.41) is 5.69. The van der Waals surface area contributed by atoms with E-state index < -0.39 is 28.5 Å². The number of carbonyl (C=O) groups excluding carboxylic acids is 2. The fraction of sp³-hybridized carbons (Fsp3) is 0.130. The molecule has 0 fully saturated rings. The molecule has 1 amide bonds. The number of nitrogens with one attached hydrogen (secondary N) is 2. The molecule has 0 heterocycles. The smallest absolute Gasteiger partial charge is 0.340 e. The average molecular weight is 454 g/mol. The molecule has 0 aliphatic carbocycles. The highest BCUT2D eigenvalue weighted by molar-refractivity contribution is 7.89. The quantitative estimate of drug-likeness (QED) is 0.506. The van der Waals surface area contributed by atoms with Gasteiger partial charge in [0, 0.05) is 25.5 Å². The number of esters is 1. The molecule has 0 radical (unpaired) electrons. The van der Waals surface area contributed by atoms with Gasteiger partial charge in [-0.15, -0.1) is 0 Å². The van der Waals surface area contributed by atoms with E-state index >= 15 is 0 Å². The van der Waals surface area contributed by atoms with Gasteiger partial charge in [0.2, 0.25) is 10.0 Å². The summed E-state index contributed by atoms with van der Waals surface area (Å²) in [6.45, 7) is -0.525. The van der Waals surface area contributed by atoms with Crippen LogP contribution in [0.4, 0.5) is 17.1 Å². The number of nitrogens with zero attached hydrogens (tertiary/aromatic N) is 1. The second kappa shape index (κ2) is 10.1. The molecule has 0 saturated heterocycles. The summed E-state index contributed by atoms with van der Waals surface area (Å²) >= 11 is 0. The molecular formula is C23H23N3O5S. The van der Waals surface area contributed by atoms with E-state index in [0.29, 0.717) is 5.69 Å². The highest BCUT2D eigenvalue weighted by Crippen LogP contribution is 2.22. The van der Waals surface area contributed by atoms with Crippen molar-refractivity contribution in [3.63, 3.8) is 0 Å². The zero-order valence-corrected chi connectivity index (χ0v) is 18.4. The minimum atomic E-state index is -3.64. The van der Waals surface area contributed by atoms with E-state index in [1.54, 1.807) is 30.3 Å². The third-order valence-corrected chi connectivity index (χ3v) is 6.24. The number of hydrogen-bond acceptors (Lipinski definition) is 6. The highest BCUT2D eigenvalue weighted by Gasteiger charge is 2.18. The van der Waals surface area contributed by atoms with Crippen molar-refractivity contribution in [2.45, 2.75) is 4.90 Å². The lowest BCUT2D eigenvalue weighted by atomic mass is 10.1. The van der Waals surface area contributed by atoms with Crippen LogP contribution in [0.3, 0.4) is 0 Å². The number of anilines is 3. The van der Waals surface area contributed by atoms with Crippen LogP contribution in [0.1, 0.15) is 10.4 Å². The molecule has 0 atom stereocenters. The van der Waals surface area contributed by atoms with Gasteiger partial charge in [0.1, 0.15) is 0 Å². The van der Waals surface area contributed by atoms with Crippen molar-refractivity contribution in [1.29, 1.82) is 0 Å². The van der Waals surface area contributed by atoms with Crippen molar-refractivity contribution in [2.75, 3.05) is 31.3 Å². The largest absolute Gasteiger partial charge is 0.452 e. The number of para-hydroxylation sites is 2. The number of hydrogen-bond donors (Lipinski definition) is 2. The predicted molar refractivity (Wildman–Crippen MR) is 122 cm³/mol. The predicted octanol–water partition coefficient (Wildman–Crippen LogP) is 3.48. The van der Waals surface area contributed by atoms with Crippen molar-refractivity contribution in [3.8, 4) is 0 Å². The van der Waals surface area contributed by atoms with E-state index in [0.717, 1.165) is 9.99 Å². The Balaban J connectivity index is 1.63. The number of amides is 1. The maximum absolute atomic E-state index is 12.5. The van der Waals surface area contributed by atoms with Gasteiger partial charge in [-0.2, -0.15) is 0 Å². The summed E-state index contributed by atoms with van der Waals surface area (Å²) < 4.78 is 30.7. The molecule has 0 aliphatic heterocycles. The Morgan fingerprint density at radius 1 is 0.875 bits per heavy atom. The van der Waals surface area contributed by atoms with Gasteiger partial charge >= 0.3 is 5.97 Å². The molecule has 0 saturated carbocycles. The molecule has 0 unspecified atom stereocenters. The lowest BCUT2D eigenvalue weighted by Crippen LogP contribution is -2.23. The van der Waals surface area contributed by atoms with Gasteiger partial charge in [-0.1, -0.05) is 36.4 Å². The first-order chi connectivity index (χ1) is 15.3. The van der Waals surface area contributed by atoms with Gasteiger partial charge in [-0.25, -0.2) is 17.5 Å². The second-order valence-corrected chi connectivity index (χ2v) is 9.13. The normalized spacial score (nSPS) is 11.1.